The highest BCUT2D eigenvalue weighted by Gasteiger charge is 2.48. The maximum atomic E-state index is 12.7. The zero-order valence-corrected chi connectivity index (χ0v) is 11.3. The molecule has 1 fully saturated rings. The van der Waals surface area contributed by atoms with E-state index in [9.17, 15) is 4.79 Å². The van der Waals surface area contributed by atoms with Crippen LogP contribution >= 0.6 is 0 Å². The molecule has 1 aliphatic heterocycles. The van der Waals surface area contributed by atoms with E-state index in [1.807, 2.05) is 55.6 Å². The van der Waals surface area contributed by atoms with Gasteiger partial charge in [-0.25, -0.2) is 0 Å². The molecule has 2 aromatic rings. The Morgan fingerprint density at radius 1 is 1.00 bits per heavy atom. The quantitative estimate of drug-likeness (QED) is 0.732. The van der Waals surface area contributed by atoms with Crippen LogP contribution in [-0.2, 0) is 10.3 Å². The van der Waals surface area contributed by atoms with E-state index in [1.54, 1.807) is 0 Å². The molecule has 100 valence electrons. The lowest BCUT2D eigenvalue weighted by atomic mass is 9.74. The normalized spacial score (nSPS) is 19.9. The monoisotopic (exact) mass is 265 g/mol. The maximum absolute atomic E-state index is 12.7. The highest BCUT2D eigenvalue weighted by atomic mass is 16.5. The second-order valence-electron chi connectivity index (χ2n) is 5.53. The molecule has 0 N–H and O–H groups in total. The van der Waals surface area contributed by atoms with Crippen molar-refractivity contribution in [2.24, 2.45) is 0 Å². The predicted molar refractivity (Wildman–Crippen MR) is 75.7 cm³/mol. The van der Waals surface area contributed by atoms with Gasteiger partial charge >= 0.3 is 0 Å². The molecule has 0 amide bonds. The van der Waals surface area contributed by atoms with Crippen molar-refractivity contribution in [3.63, 3.8) is 0 Å². The fourth-order valence-corrected chi connectivity index (χ4v) is 3.37. The lowest BCUT2D eigenvalue weighted by Crippen LogP contribution is -2.39. The van der Waals surface area contributed by atoms with Crippen LogP contribution in [0, 0.1) is 0 Å². The minimum Gasteiger partial charge on any atom is -0.349 e. The van der Waals surface area contributed by atoms with Crippen LogP contribution in [0.2, 0.25) is 0 Å². The molecule has 0 aromatic heterocycles. The van der Waals surface area contributed by atoms with Crippen LogP contribution < -0.4 is 0 Å². The van der Waals surface area contributed by atoms with Gasteiger partial charge in [0, 0.05) is 28.8 Å². The highest BCUT2D eigenvalue weighted by Crippen LogP contribution is 2.45. The van der Waals surface area contributed by atoms with Crippen molar-refractivity contribution >= 4 is 5.78 Å². The summed E-state index contributed by atoms with van der Waals surface area (Å²) >= 11 is 0. The van der Waals surface area contributed by atoms with E-state index in [4.69, 9.17) is 4.74 Å². The molecule has 0 atom stereocenters. The number of hydrogen-bond acceptors (Lipinski definition) is 3. The zero-order valence-electron chi connectivity index (χ0n) is 11.3. The minimum absolute atomic E-state index is 0.0972. The summed E-state index contributed by atoms with van der Waals surface area (Å²) in [5, 5.41) is 0. The van der Waals surface area contributed by atoms with Crippen LogP contribution in [0.15, 0.2) is 48.5 Å². The zero-order chi connectivity index (χ0) is 13.7. The third-order valence-electron chi connectivity index (χ3n) is 4.24. The Morgan fingerprint density at radius 2 is 1.55 bits per heavy atom. The molecule has 1 saturated heterocycles. The molecule has 20 heavy (non-hydrogen) atoms. The first-order chi connectivity index (χ1) is 9.72. The molecule has 2 aliphatic rings. The van der Waals surface area contributed by atoms with Gasteiger partial charge in [-0.15, -0.1) is 0 Å². The second kappa shape index (κ2) is 4.01. The molecule has 4 rings (SSSR count). The van der Waals surface area contributed by atoms with Gasteiger partial charge in [0.1, 0.15) is 12.3 Å². The van der Waals surface area contributed by atoms with Gasteiger partial charge in [-0.2, -0.15) is 0 Å². The maximum Gasteiger partial charge on any atom is 0.193 e. The minimum atomic E-state index is -0.504. The molecular weight excluding hydrogens is 250 g/mol. The Hall–Kier alpha value is -1.97. The molecule has 1 spiro atoms. The Balaban J connectivity index is 2.05. The number of nitrogens with zero attached hydrogens (tertiary/aromatic N) is 1. The molecule has 0 bridgehead atoms. The first-order valence-electron chi connectivity index (χ1n) is 6.78. The molecule has 3 heteroatoms. The molecule has 1 aliphatic carbocycles. The van der Waals surface area contributed by atoms with Crippen molar-refractivity contribution in [1.29, 1.82) is 0 Å². The van der Waals surface area contributed by atoms with Gasteiger partial charge in [0.15, 0.2) is 5.78 Å². The standard InChI is InChI=1S/C17H15NO2/c1-18-10-17(20-11-18)14-8-4-2-6-12(14)16(19)13-7-3-5-9-15(13)17/h2-9H,10-11H2,1H3. The Kier molecular flexibility index (Phi) is 2.37. The van der Waals surface area contributed by atoms with Gasteiger partial charge in [0.05, 0.1) is 0 Å². The number of rotatable bonds is 0. The summed E-state index contributed by atoms with van der Waals surface area (Å²) < 4.78 is 6.17. The topological polar surface area (TPSA) is 29.5 Å². The number of carbonyl (C=O) groups excluding carboxylic acids is 1. The first kappa shape index (κ1) is 11.8. The molecule has 0 unspecified atom stereocenters. The van der Waals surface area contributed by atoms with Crippen molar-refractivity contribution in [3.8, 4) is 0 Å². The largest absolute Gasteiger partial charge is 0.349 e. The Bertz CT molecular complexity index is 658. The third kappa shape index (κ3) is 1.39. The number of fused-ring (bicyclic) bond motifs is 4. The van der Waals surface area contributed by atoms with Gasteiger partial charge < -0.3 is 4.74 Å². The SMILES string of the molecule is CN1COC2(C1)c1ccccc1C(=O)c1ccccc12. The summed E-state index contributed by atoms with van der Waals surface area (Å²) in [5.41, 5.74) is 3.01. The molecule has 1 heterocycles. The van der Waals surface area contributed by atoms with E-state index in [2.05, 4.69) is 4.90 Å². The van der Waals surface area contributed by atoms with Crippen LogP contribution in [0.5, 0.6) is 0 Å². The Labute approximate surface area is 117 Å². The van der Waals surface area contributed by atoms with Gasteiger partial charge in [-0.3, -0.25) is 9.69 Å². The average molecular weight is 265 g/mol. The van der Waals surface area contributed by atoms with E-state index in [0.717, 1.165) is 28.8 Å². The van der Waals surface area contributed by atoms with Gasteiger partial charge in [-0.05, 0) is 7.05 Å². The summed E-state index contributed by atoms with van der Waals surface area (Å²) in [4.78, 5) is 14.8. The summed E-state index contributed by atoms with van der Waals surface area (Å²) in [6.07, 6.45) is 0. The van der Waals surface area contributed by atoms with Crippen LogP contribution in [0.25, 0.3) is 0 Å². The smallest absolute Gasteiger partial charge is 0.193 e. The van der Waals surface area contributed by atoms with Crippen LogP contribution in [-0.4, -0.2) is 31.0 Å². The van der Waals surface area contributed by atoms with Gasteiger partial charge in [0.2, 0.25) is 0 Å². The summed E-state index contributed by atoms with van der Waals surface area (Å²) in [6, 6.07) is 15.6. The number of benzene rings is 2. The van der Waals surface area contributed by atoms with E-state index in [-0.39, 0.29) is 5.78 Å². The van der Waals surface area contributed by atoms with Crippen molar-refractivity contribution in [2.45, 2.75) is 5.60 Å². The predicted octanol–water partition coefficient (Wildman–Crippen LogP) is 2.39. The summed E-state index contributed by atoms with van der Waals surface area (Å²) in [7, 11) is 2.04. The molecule has 0 saturated carbocycles. The van der Waals surface area contributed by atoms with Crippen molar-refractivity contribution in [2.75, 3.05) is 20.3 Å². The number of ketones is 1. The number of hydrogen-bond donors (Lipinski definition) is 0. The first-order valence-corrected chi connectivity index (χ1v) is 6.78. The van der Waals surface area contributed by atoms with E-state index in [0.29, 0.717) is 6.73 Å². The number of carbonyl (C=O) groups is 1. The summed E-state index contributed by atoms with van der Waals surface area (Å²) in [6.45, 7) is 1.35. The van der Waals surface area contributed by atoms with Gasteiger partial charge in [-0.1, -0.05) is 48.5 Å². The molecular formula is C17H15NO2. The second-order valence-corrected chi connectivity index (χ2v) is 5.53. The Morgan fingerprint density at radius 3 is 2.05 bits per heavy atom. The number of ether oxygens (including phenoxy) is 1. The average Bonchev–Trinajstić information content (AvgIpc) is 2.88. The fraction of sp³-hybridized carbons (Fsp3) is 0.235. The van der Waals surface area contributed by atoms with Gasteiger partial charge in [0.25, 0.3) is 0 Å². The van der Waals surface area contributed by atoms with Crippen molar-refractivity contribution in [3.05, 3.63) is 70.8 Å². The highest BCUT2D eigenvalue weighted by molar-refractivity contribution is 6.13. The van der Waals surface area contributed by atoms with E-state index in [1.165, 1.54) is 0 Å². The van der Waals surface area contributed by atoms with Crippen LogP contribution in [0.3, 0.4) is 0 Å². The summed E-state index contributed by atoms with van der Waals surface area (Å²) in [5.74, 6) is 0.0972. The third-order valence-corrected chi connectivity index (χ3v) is 4.24. The van der Waals surface area contributed by atoms with Crippen LogP contribution in [0.1, 0.15) is 27.0 Å². The van der Waals surface area contributed by atoms with Crippen LogP contribution in [0.4, 0.5) is 0 Å². The fourth-order valence-electron chi connectivity index (χ4n) is 3.37. The molecule has 3 nitrogen and oxygen atoms in total. The molecule has 0 radical (unpaired) electrons. The van der Waals surface area contributed by atoms with E-state index >= 15 is 0 Å². The van der Waals surface area contributed by atoms with Crippen molar-refractivity contribution in [1.82, 2.24) is 4.90 Å². The van der Waals surface area contributed by atoms with Crippen molar-refractivity contribution < 1.29 is 9.53 Å². The number of likely N-dealkylation sites (N-methyl/N-ethyl adjacent to an activating group) is 1. The lowest BCUT2D eigenvalue weighted by molar-refractivity contribution is 0.0309. The lowest BCUT2D eigenvalue weighted by Gasteiger charge is -2.35. The molecule has 2 aromatic carbocycles. The van der Waals surface area contributed by atoms with E-state index < -0.39 is 5.60 Å².